The molecular formula is C20H32FN3O3S. The zero-order chi connectivity index (χ0) is 20.7. The third-order valence-electron chi connectivity index (χ3n) is 4.98. The van der Waals surface area contributed by atoms with E-state index in [2.05, 4.69) is 19.2 Å². The first-order valence-corrected chi connectivity index (χ1v) is 11.4. The molecule has 1 aromatic rings. The summed E-state index contributed by atoms with van der Waals surface area (Å²) in [5.41, 5.74) is 0. The van der Waals surface area contributed by atoms with Crippen LogP contribution in [0.3, 0.4) is 0 Å². The molecule has 2 rings (SSSR count). The second-order valence-electron chi connectivity index (χ2n) is 7.93. The molecule has 0 aliphatic carbocycles. The molecule has 158 valence electrons. The Labute approximate surface area is 168 Å². The molecule has 1 saturated heterocycles. The molecule has 0 aromatic heterocycles. The summed E-state index contributed by atoms with van der Waals surface area (Å²) in [4.78, 5) is 14.3. The SMILES string of the molecule is CC(C)CCC[C@H](C)NC(=O)CN1CCN(S(=O)(=O)c2ccc(F)cc2)CC1. The second kappa shape index (κ2) is 10.3. The molecule has 1 heterocycles. The number of piperazine rings is 1. The van der Waals surface area contributed by atoms with Gasteiger partial charge in [0, 0.05) is 32.2 Å². The van der Waals surface area contributed by atoms with E-state index in [9.17, 15) is 17.6 Å². The van der Waals surface area contributed by atoms with E-state index in [-0.39, 0.29) is 23.4 Å². The molecular weight excluding hydrogens is 381 g/mol. The Morgan fingerprint density at radius 3 is 2.25 bits per heavy atom. The summed E-state index contributed by atoms with van der Waals surface area (Å²) in [5.74, 6) is 0.186. The number of hydrogen-bond acceptors (Lipinski definition) is 4. The van der Waals surface area contributed by atoms with Gasteiger partial charge in [0.1, 0.15) is 5.82 Å². The van der Waals surface area contributed by atoms with Gasteiger partial charge in [-0.25, -0.2) is 12.8 Å². The van der Waals surface area contributed by atoms with Crippen LogP contribution in [0.5, 0.6) is 0 Å². The molecule has 0 unspecified atom stereocenters. The number of nitrogens with one attached hydrogen (secondary N) is 1. The summed E-state index contributed by atoms with van der Waals surface area (Å²) in [6, 6.07) is 5.01. The van der Waals surface area contributed by atoms with Crippen molar-refractivity contribution in [2.45, 2.75) is 51.0 Å². The van der Waals surface area contributed by atoms with E-state index in [1.807, 2.05) is 11.8 Å². The third-order valence-corrected chi connectivity index (χ3v) is 6.89. The minimum atomic E-state index is -3.63. The number of benzene rings is 1. The molecule has 1 fully saturated rings. The number of sulfonamides is 1. The molecule has 8 heteroatoms. The van der Waals surface area contributed by atoms with Gasteiger partial charge in [-0.2, -0.15) is 4.31 Å². The topological polar surface area (TPSA) is 69.7 Å². The van der Waals surface area contributed by atoms with Gasteiger partial charge in [0.15, 0.2) is 0 Å². The van der Waals surface area contributed by atoms with Crippen LogP contribution in [0.1, 0.15) is 40.0 Å². The average Bonchev–Trinajstić information content (AvgIpc) is 2.62. The van der Waals surface area contributed by atoms with Crippen molar-refractivity contribution in [1.29, 1.82) is 0 Å². The summed E-state index contributed by atoms with van der Waals surface area (Å²) < 4.78 is 39.7. The monoisotopic (exact) mass is 413 g/mol. The predicted molar refractivity (Wildman–Crippen MR) is 108 cm³/mol. The Hall–Kier alpha value is -1.51. The molecule has 0 radical (unpaired) electrons. The minimum Gasteiger partial charge on any atom is -0.353 e. The van der Waals surface area contributed by atoms with Gasteiger partial charge in [-0.3, -0.25) is 9.69 Å². The molecule has 1 atom stereocenters. The van der Waals surface area contributed by atoms with Crippen LogP contribution < -0.4 is 5.32 Å². The molecule has 6 nitrogen and oxygen atoms in total. The van der Waals surface area contributed by atoms with Crippen LogP contribution in [-0.2, 0) is 14.8 Å². The number of carbonyl (C=O) groups excluding carboxylic acids is 1. The Morgan fingerprint density at radius 1 is 1.07 bits per heavy atom. The van der Waals surface area contributed by atoms with E-state index < -0.39 is 15.8 Å². The van der Waals surface area contributed by atoms with Crippen LogP contribution in [-0.4, -0.2) is 62.3 Å². The molecule has 1 amide bonds. The molecule has 1 N–H and O–H groups in total. The normalized spacial score (nSPS) is 17.6. The lowest BCUT2D eigenvalue weighted by Crippen LogP contribution is -2.51. The Balaban J connectivity index is 1.77. The highest BCUT2D eigenvalue weighted by molar-refractivity contribution is 7.89. The predicted octanol–water partition coefficient (Wildman–Crippen LogP) is 2.46. The van der Waals surface area contributed by atoms with Crippen molar-refractivity contribution in [2.75, 3.05) is 32.7 Å². The van der Waals surface area contributed by atoms with Gasteiger partial charge < -0.3 is 5.32 Å². The van der Waals surface area contributed by atoms with Crippen molar-refractivity contribution in [2.24, 2.45) is 5.92 Å². The average molecular weight is 414 g/mol. The first-order chi connectivity index (χ1) is 13.2. The van der Waals surface area contributed by atoms with Crippen molar-refractivity contribution in [1.82, 2.24) is 14.5 Å². The van der Waals surface area contributed by atoms with Crippen molar-refractivity contribution in [3.8, 4) is 0 Å². The van der Waals surface area contributed by atoms with Crippen LogP contribution in [0.2, 0.25) is 0 Å². The van der Waals surface area contributed by atoms with Gasteiger partial charge in [-0.1, -0.05) is 26.7 Å². The molecule has 1 aromatic carbocycles. The summed E-state index contributed by atoms with van der Waals surface area (Å²) >= 11 is 0. The van der Waals surface area contributed by atoms with Crippen molar-refractivity contribution in [3.63, 3.8) is 0 Å². The lowest BCUT2D eigenvalue weighted by molar-refractivity contribution is -0.123. The Bertz CT molecular complexity index is 730. The number of rotatable bonds is 9. The van der Waals surface area contributed by atoms with Gasteiger partial charge in [-0.15, -0.1) is 0 Å². The van der Waals surface area contributed by atoms with Gasteiger partial charge in [-0.05, 0) is 43.5 Å². The van der Waals surface area contributed by atoms with E-state index >= 15 is 0 Å². The van der Waals surface area contributed by atoms with Gasteiger partial charge >= 0.3 is 0 Å². The van der Waals surface area contributed by atoms with Crippen molar-refractivity contribution >= 4 is 15.9 Å². The first kappa shape index (κ1) is 22.8. The van der Waals surface area contributed by atoms with E-state index in [4.69, 9.17) is 0 Å². The Morgan fingerprint density at radius 2 is 1.68 bits per heavy atom. The fourth-order valence-electron chi connectivity index (χ4n) is 3.31. The summed E-state index contributed by atoms with van der Waals surface area (Å²) in [7, 11) is -3.63. The summed E-state index contributed by atoms with van der Waals surface area (Å²) in [6.07, 6.45) is 3.22. The molecule has 1 aliphatic rings. The molecule has 0 spiro atoms. The summed E-state index contributed by atoms with van der Waals surface area (Å²) in [6.45, 7) is 8.31. The van der Waals surface area contributed by atoms with Crippen LogP contribution in [0.15, 0.2) is 29.2 Å². The van der Waals surface area contributed by atoms with Crippen LogP contribution in [0.4, 0.5) is 4.39 Å². The lowest BCUT2D eigenvalue weighted by Gasteiger charge is -2.33. The Kier molecular flexibility index (Phi) is 8.39. The number of halogens is 1. The van der Waals surface area contributed by atoms with Crippen molar-refractivity contribution < 1.29 is 17.6 Å². The maximum absolute atomic E-state index is 13.0. The largest absolute Gasteiger partial charge is 0.353 e. The molecule has 0 bridgehead atoms. The zero-order valence-corrected chi connectivity index (χ0v) is 17.8. The standard InChI is InChI=1S/C20H32FN3O3S/c1-16(2)5-4-6-17(3)22-20(25)15-23-11-13-24(14-12-23)28(26,27)19-9-7-18(21)8-10-19/h7-10,16-17H,4-6,11-15H2,1-3H3,(H,22,25)/t17-/m0/s1. The van der Waals surface area contributed by atoms with Crippen LogP contribution in [0, 0.1) is 11.7 Å². The number of nitrogens with zero attached hydrogens (tertiary/aromatic N) is 2. The maximum atomic E-state index is 13.0. The van der Waals surface area contributed by atoms with E-state index in [1.54, 1.807) is 0 Å². The highest BCUT2D eigenvalue weighted by Gasteiger charge is 2.29. The second-order valence-corrected chi connectivity index (χ2v) is 9.87. The summed E-state index contributed by atoms with van der Waals surface area (Å²) in [5, 5.41) is 3.03. The fraction of sp³-hybridized carbons (Fsp3) is 0.650. The quantitative estimate of drug-likeness (QED) is 0.675. The number of hydrogen-bond donors (Lipinski definition) is 1. The smallest absolute Gasteiger partial charge is 0.243 e. The molecule has 28 heavy (non-hydrogen) atoms. The minimum absolute atomic E-state index is 0.0214. The van der Waals surface area contributed by atoms with Gasteiger partial charge in [0.05, 0.1) is 11.4 Å². The highest BCUT2D eigenvalue weighted by Crippen LogP contribution is 2.18. The van der Waals surface area contributed by atoms with Gasteiger partial charge in [0.25, 0.3) is 0 Å². The first-order valence-electron chi connectivity index (χ1n) is 9.96. The molecule has 1 aliphatic heterocycles. The zero-order valence-electron chi connectivity index (χ0n) is 17.0. The van der Waals surface area contributed by atoms with Crippen LogP contribution in [0.25, 0.3) is 0 Å². The van der Waals surface area contributed by atoms with Gasteiger partial charge in [0.2, 0.25) is 15.9 Å². The lowest BCUT2D eigenvalue weighted by atomic mass is 10.0. The maximum Gasteiger partial charge on any atom is 0.243 e. The van der Waals surface area contributed by atoms with E-state index in [1.165, 1.54) is 16.4 Å². The van der Waals surface area contributed by atoms with Crippen molar-refractivity contribution in [3.05, 3.63) is 30.1 Å². The number of amides is 1. The fourth-order valence-corrected chi connectivity index (χ4v) is 4.73. The highest BCUT2D eigenvalue weighted by atomic mass is 32.2. The third kappa shape index (κ3) is 6.83. The van der Waals surface area contributed by atoms with E-state index in [0.717, 1.165) is 31.4 Å². The van der Waals surface area contributed by atoms with Crippen LogP contribution >= 0.6 is 0 Å². The number of carbonyl (C=O) groups is 1. The van der Waals surface area contributed by atoms with E-state index in [0.29, 0.717) is 32.1 Å². The molecule has 0 saturated carbocycles.